The molecule has 0 spiro atoms. The average Bonchev–Trinajstić information content (AvgIpc) is 3.00. The summed E-state index contributed by atoms with van der Waals surface area (Å²) < 4.78 is 7.03. The fourth-order valence-corrected chi connectivity index (χ4v) is 3.64. The smallest absolute Gasteiger partial charge is 0.226 e. The summed E-state index contributed by atoms with van der Waals surface area (Å²) in [6.07, 6.45) is 2.89. The lowest BCUT2D eigenvalue weighted by Crippen LogP contribution is -2.36. The summed E-state index contributed by atoms with van der Waals surface area (Å²) in [5.41, 5.74) is 2.73. The van der Waals surface area contributed by atoms with Crippen LogP contribution in [0.2, 0.25) is 0 Å². The van der Waals surface area contributed by atoms with E-state index in [1.165, 1.54) is 6.33 Å². The third-order valence-electron chi connectivity index (χ3n) is 4.71. The Morgan fingerprint density at radius 2 is 2.00 bits per heavy atom. The molecule has 1 aliphatic carbocycles. The summed E-state index contributed by atoms with van der Waals surface area (Å²) >= 11 is 0. The number of hydrogen-bond acceptors (Lipinski definition) is 5. The van der Waals surface area contributed by atoms with Crippen molar-refractivity contribution in [3.05, 3.63) is 47.4 Å². The maximum absolute atomic E-state index is 12.9. The van der Waals surface area contributed by atoms with Crippen molar-refractivity contribution in [3.8, 4) is 5.75 Å². The van der Waals surface area contributed by atoms with Gasteiger partial charge in [0.05, 0.1) is 7.11 Å². The van der Waals surface area contributed by atoms with Gasteiger partial charge in [0.2, 0.25) is 5.95 Å². The van der Waals surface area contributed by atoms with E-state index in [2.05, 4.69) is 29.2 Å². The van der Waals surface area contributed by atoms with Gasteiger partial charge >= 0.3 is 0 Å². The van der Waals surface area contributed by atoms with Crippen LogP contribution < -0.4 is 10.1 Å². The normalized spacial score (nSPS) is 21.8. The van der Waals surface area contributed by atoms with Crippen LogP contribution in [0.4, 0.5) is 5.95 Å². The van der Waals surface area contributed by atoms with E-state index in [0.29, 0.717) is 12.4 Å². The molecule has 1 aromatic heterocycles. The molecule has 0 amide bonds. The summed E-state index contributed by atoms with van der Waals surface area (Å²) in [5, 5.41) is 7.66. The van der Waals surface area contributed by atoms with Gasteiger partial charge in [-0.2, -0.15) is 10.1 Å². The third kappa shape index (κ3) is 2.29. The molecule has 1 N–H and O–H groups in total. The number of carbonyl (C=O) groups is 1. The van der Waals surface area contributed by atoms with E-state index in [9.17, 15) is 4.79 Å². The summed E-state index contributed by atoms with van der Waals surface area (Å²) in [6, 6.07) is 7.54. The molecule has 124 valence electrons. The van der Waals surface area contributed by atoms with Crippen molar-refractivity contribution < 1.29 is 9.53 Å². The SMILES string of the molecule is COc1ccc([C@H]2C3=C(CC(C)(C)CC3=O)Nc3ncnn32)cc1. The number of hydrogen-bond donors (Lipinski definition) is 1. The van der Waals surface area contributed by atoms with E-state index in [4.69, 9.17) is 4.74 Å². The van der Waals surface area contributed by atoms with Crippen molar-refractivity contribution in [3.63, 3.8) is 0 Å². The predicted molar refractivity (Wildman–Crippen MR) is 89.8 cm³/mol. The highest BCUT2D eigenvalue weighted by Crippen LogP contribution is 2.45. The van der Waals surface area contributed by atoms with Gasteiger partial charge < -0.3 is 10.1 Å². The number of allylic oxidation sites excluding steroid dienone is 2. The first-order valence-electron chi connectivity index (χ1n) is 8.05. The van der Waals surface area contributed by atoms with Crippen molar-refractivity contribution >= 4 is 11.7 Å². The average molecular weight is 324 g/mol. The van der Waals surface area contributed by atoms with Crippen molar-refractivity contribution in [1.82, 2.24) is 14.8 Å². The fraction of sp³-hybridized carbons (Fsp3) is 0.389. The number of carbonyl (C=O) groups excluding carboxylic acids is 1. The molecular formula is C18H20N4O2. The highest BCUT2D eigenvalue weighted by molar-refractivity contribution is 6.00. The molecule has 0 radical (unpaired) electrons. The highest BCUT2D eigenvalue weighted by atomic mass is 16.5. The number of nitrogens with zero attached hydrogens (tertiary/aromatic N) is 3. The second-order valence-electron chi connectivity index (χ2n) is 7.16. The van der Waals surface area contributed by atoms with Crippen molar-refractivity contribution in [2.45, 2.75) is 32.7 Å². The molecule has 2 aromatic rings. The van der Waals surface area contributed by atoms with Crippen molar-refractivity contribution in [1.29, 1.82) is 0 Å². The summed E-state index contributed by atoms with van der Waals surface area (Å²) in [4.78, 5) is 17.2. The van der Waals surface area contributed by atoms with Crippen molar-refractivity contribution in [2.24, 2.45) is 5.41 Å². The molecule has 0 fully saturated rings. The Kier molecular flexibility index (Phi) is 3.23. The first-order valence-corrected chi connectivity index (χ1v) is 8.05. The Bertz CT molecular complexity index is 833. The summed E-state index contributed by atoms with van der Waals surface area (Å²) in [6.45, 7) is 4.25. The lowest BCUT2D eigenvalue weighted by molar-refractivity contribution is -0.118. The van der Waals surface area contributed by atoms with Gasteiger partial charge in [-0.1, -0.05) is 26.0 Å². The van der Waals surface area contributed by atoms with Crippen LogP contribution in [-0.2, 0) is 4.79 Å². The highest BCUT2D eigenvalue weighted by Gasteiger charge is 2.41. The maximum Gasteiger partial charge on any atom is 0.226 e. The van der Waals surface area contributed by atoms with E-state index in [1.54, 1.807) is 11.8 Å². The molecule has 1 aliphatic heterocycles. The van der Waals surface area contributed by atoms with E-state index >= 15 is 0 Å². The lowest BCUT2D eigenvalue weighted by atomic mass is 9.73. The first-order chi connectivity index (χ1) is 11.5. The van der Waals surface area contributed by atoms with Crippen LogP contribution in [0.15, 0.2) is 41.9 Å². The molecular weight excluding hydrogens is 304 g/mol. The number of aromatic nitrogens is 3. The minimum Gasteiger partial charge on any atom is -0.497 e. The number of Topliss-reactive ketones (excluding diaryl/α,β-unsaturated/α-hetero) is 1. The summed E-state index contributed by atoms with van der Waals surface area (Å²) in [5.74, 6) is 1.65. The summed E-state index contributed by atoms with van der Waals surface area (Å²) in [7, 11) is 1.64. The first kappa shape index (κ1) is 14.9. The molecule has 4 rings (SSSR count). The fourth-order valence-electron chi connectivity index (χ4n) is 3.64. The quantitative estimate of drug-likeness (QED) is 0.920. The van der Waals surface area contributed by atoms with Crippen LogP contribution in [0.25, 0.3) is 0 Å². The van der Waals surface area contributed by atoms with E-state index in [-0.39, 0.29) is 17.2 Å². The van der Waals surface area contributed by atoms with Gasteiger partial charge in [0.1, 0.15) is 18.1 Å². The molecule has 0 saturated carbocycles. The number of methoxy groups -OCH3 is 1. The molecule has 0 bridgehead atoms. The van der Waals surface area contributed by atoms with E-state index in [0.717, 1.165) is 29.0 Å². The Morgan fingerprint density at radius 3 is 2.71 bits per heavy atom. The van der Waals surface area contributed by atoms with Gasteiger partial charge in [-0.05, 0) is 29.5 Å². The third-order valence-corrected chi connectivity index (χ3v) is 4.71. The molecule has 6 heteroatoms. The number of benzene rings is 1. The van der Waals surface area contributed by atoms with Gasteiger partial charge in [0.25, 0.3) is 0 Å². The van der Waals surface area contributed by atoms with Crippen LogP contribution in [-0.4, -0.2) is 27.7 Å². The molecule has 6 nitrogen and oxygen atoms in total. The second kappa shape index (κ2) is 5.19. The number of fused-ring (bicyclic) bond motifs is 1. The number of ketones is 1. The monoisotopic (exact) mass is 324 g/mol. The van der Waals surface area contributed by atoms with Gasteiger partial charge in [0, 0.05) is 17.7 Å². The molecule has 2 heterocycles. The van der Waals surface area contributed by atoms with Gasteiger partial charge in [-0.15, -0.1) is 0 Å². The molecule has 0 unspecified atom stereocenters. The number of anilines is 1. The number of ether oxygens (including phenoxy) is 1. The predicted octanol–water partition coefficient (Wildman–Crippen LogP) is 2.94. The zero-order valence-corrected chi connectivity index (χ0v) is 14.0. The largest absolute Gasteiger partial charge is 0.497 e. The minimum absolute atomic E-state index is 0.0461. The molecule has 1 aromatic carbocycles. The zero-order chi connectivity index (χ0) is 16.9. The van der Waals surface area contributed by atoms with Crippen LogP contribution in [0.3, 0.4) is 0 Å². The number of nitrogens with one attached hydrogen (secondary N) is 1. The van der Waals surface area contributed by atoms with E-state index < -0.39 is 0 Å². The number of rotatable bonds is 2. The van der Waals surface area contributed by atoms with Crippen LogP contribution in [0.5, 0.6) is 5.75 Å². The topological polar surface area (TPSA) is 69.0 Å². The maximum atomic E-state index is 12.9. The molecule has 24 heavy (non-hydrogen) atoms. The van der Waals surface area contributed by atoms with Gasteiger partial charge in [-0.3, -0.25) is 4.79 Å². The van der Waals surface area contributed by atoms with Crippen LogP contribution >= 0.6 is 0 Å². The minimum atomic E-state index is -0.242. The Labute approximate surface area is 140 Å². The zero-order valence-electron chi connectivity index (χ0n) is 14.0. The molecule has 2 aliphatic rings. The molecule has 0 saturated heterocycles. The van der Waals surface area contributed by atoms with Gasteiger partial charge in [0.15, 0.2) is 5.78 Å². The standard InChI is InChI=1S/C18H20N4O2/c1-18(2)8-13-15(14(23)9-18)16(22-17(21-13)19-10-20-22)11-4-6-12(24-3)7-5-11/h4-7,10,16H,8-9H2,1-3H3,(H,19,20,21)/t16-/m0/s1. The second-order valence-corrected chi connectivity index (χ2v) is 7.16. The van der Waals surface area contributed by atoms with Crippen LogP contribution in [0, 0.1) is 5.41 Å². The van der Waals surface area contributed by atoms with Crippen molar-refractivity contribution in [2.75, 3.05) is 12.4 Å². The molecule has 1 atom stereocenters. The Hall–Kier alpha value is -2.63. The van der Waals surface area contributed by atoms with E-state index in [1.807, 2.05) is 24.3 Å². The Balaban J connectivity index is 1.86. The van der Waals surface area contributed by atoms with Gasteiger partial charge in [-0.25, -0.2) is 4.68 Å². The lowest BCUT2D eigenvalue weighted by Gasteiger charge is -2.38. The Morgan fingerprint density at radius 1 is 1.25 bits per heavy atom. The van der Waals surface area contributed by atoms with Crippen LogP contribution in [0.1, 0.15) is 38.3 Å².